The predicted octanol–water partition coefficient (Wildman–Crippen LogP) is 6.87. The molecule has 0 bridgehead atoms. The van der Waals surface area contributed by atoms with Crippen LogP contribution < -0.4 is 0 Å². The standard InChI is InChI=1S/C24H22ClN3S2/c1-2-17-15-29-24-27-22(20-8-5-6-14-26-20)23(28(17)24)19-7-3-4-9-21(19)30-18-12-10-16(25)11-13-18/h3-14,17,22-23H,2,15H2,1H3. The average molecular weight is 452 g/mol. The van der Waals surface area contributed by atoms with E-state index in [1.807, 2.05) is 36.2 Å². The van der Waals surface area contributed by atoms with Gasteiger partial charge < -0.3 is 4.90 Å². The van der Waals surface area contributed by atoms with Crippen molar-refractivity contribution in [2.24, 2.45) is 4.99 Å². The Morgan fingerprint density at radius 2 is 1.87 bits per heavy atom. The fraction of sp³-hybridized carbons (Fsp3) is 0.250. The van der Waals surface area contributed by atoms with Gasteiger partial charge in [-0.05, 0) is 54.4 Å². The molecule has 3 atom stereocenters. The Hall–Kier alpha value is -1.95. The lowest BCUT2D eigenvalue weighted by Gasteiger charge is -2.33. The van der Waals surface area contributed by atoms with Crippen molar-refractivity contribution < 1.29 is 0 Å². The Kier molecular flexibility index (Phi) is 5.77. The molecule has 2 aliphatic rings. The quantitative estimate of drug-likeness (QED) is 0.423. The SMILES string of the molecule is CCC1CSC2=NC(c3ccccn3)C(c3ccccc3Sc3ccc(Cl)cc3)N21. The molecule has 1 fully saturated rings. The molecule has 3 heterocycles. The van der Waals surface area contributed by atoms with Gasteiger partial charge in [0.2, 0.25) is 0 Å². The number of hydrogen-bond acceptors (Lipinski definition) is 5. The maximum absolute atomic E-state index is 6.09. The highest BCUT2D eigenvalue weighted by Crippen LogP contribution is 2.50. The van der Waals surface area contributed by atoms with Gasteiger partial charge in [-0.25, -0.2) is 0 Å². The molecule has 6 heteroatoms. The predicted molar refractivity (Wildman–Crippen MR) is 128 cm³/mol. The molecule has 1 saturated heterocycles. The number of pyridine rings is 1. The third-order valence-corrected chi connectivity index (χ3v) is 8.09. The molecule has 5 rings (SSSR count). The van der Waals surface area contributed by atoms with Crippen LogP contribution in [0.25, 0.3) is 0 Å². The number of fused-ring (bicyclic) bond motifs is 1. The largest absolute Gasteiger partial charge is 0.338 e. The summed E-state index contributed by atoms with van der Waals surface area (Å²) in [5, 5.41) is 1.92. The van der Waals surface area contributed by atoms with Crippen LogP contribution in [0.2, 0.25) is 5.02 Å². The van der Waals surface area contributed by atoms with E-state index in [0.29, 0.717) is 6.04 Å². The highest BCUT2D eigenvalue weighted by molar-refractivity contribution is 8.14. The summed E-state index contributed by atoms with van der Waals surface area (Å²) in [6, 6.07) is 23.6. The van der Waals surface area contributed by atoms with Crippen LogP contribution in [-0.2, 0) is 0 Å². The lowest BCUT2D eigenvalue weighted by Crippen LogP contribution is -2.35. The van der Waals surface area contributed by atoms with Crippen LogP contribution in [0.3, 0.4) is 0 Å². The maximum Gasteiger partial charge on any atom is 0.160 e. The number of aliphatic imine (C=N–C) groups is 1. The second kappa shape index (κ2) is 8.66. The first-order valence-electron chi connectivity index (χ1n) is 10.2. The van der Waals surface area contributed by atoms with Gasteiger partial charge in [0.25, 0.3) is 0 Å². The Labute approximate surface area is 191 Å². The summed E-state index contributed by atoms with van der Waals surface area (Å²) in [6.07, 6.45) is 2.98. The molecule has 0 amide bonds. The molecule has 1 aromatic heterocycles. The van der Waals surface area contributed by atoms with Gasteiger partial charge in [-0.15, -0.1) is 0 Å². The molecule has 3 aromatic rings. The smallest absolute Gasteiger partial charge is 0.160 e. The Balaban J connectivity index is 1.57. The first-order valence-corrected chi connectivity index (χ1v) is 12.3. The van der Waals surface area contributed by atoms with Gasteiger partial charge in [0.1, 0.15) is 6.04 Å². The van der Waals surface area contributed by atoms with Crippen molar-refractivity contribution in [3.8, 4) is 0 Å². The second-order valence-electron chi connectivity index (χ2n) is 7.43. The minimum absolute atomic E-state index is 0.00928. The summed E-state index contributed by atoms with van der Waals surface area (Å²) < 4.78 is 0. The zero-order chi connectivity index (χ0) is 20.5. The zero-order valence-corrected chi connectivity index (χ0v) is 19.0. The first-order chi connectivity index (χ1) is 14.7. The van der Waals surface area contributed by atoms with E-state index in [0.717, 1.165) is 28.1 Å². The third kappa shape index (κ3) is 3.75. The molecule has 0 radical (unpaired) electrons. The minimum Gasteiger partial charge on any atom is -0.338 e. The van der Waals surface area contributed by atoms with Gasteiger partial charge in [0.15, 0.2) is 5.17 Å². The molecule has 152 valence electrons. The van der Waals surface area contributed by atoms with Crippen molar-refractivity contribution in [1.29, 1.82) is 0 Å². The molecule has 0 saturated carbocycles. The summed E-state index contributed by atoms with van der Waals surface area (Å²) in [6.45, 7) is 2.27. The molecule has 2 aliphatic heterocycles. The van der Waals surface area contributed by atoms with Crippen molar-refractivity contribution in [3.63, 3.8) is 0 Å². The number of hydrogen-bond donors (Lipinski definition) is 0. The van der Waals surface area contributed by atoms with Gasteiger partial charge in [-0.1, -0.05) is 66.3 Å². The van der Waals surface area contributed by atoms with E-state index in [1.54, 1.807) is 11.8 Å². The second-order valence-corrected chi connectivity index (χ2v) is 9.97. The highest BCUT2D eigenvalue weighted by Gasteiger charge is 2.46. The van der Waals surface area contributed by atoms with Crippen LogP contribution in [0.5, 0.6) is 0 Å². The number of halogens is 1. The fourth-order valence-electron chi connectivity index (χ4n) is 4.13. The number of benzene rings is 2. The van der Waals surface area contributed by atoms with Crippen LogP contribution in [0.1, 0.15) is 36.7 Å². The van der Waals surface area contributed by atoms with Crippen LogP contribution in [0.15, 0.2) is 87.7 Å². The molecule has 30 heavy (non-hydrogen) atoms. The van der Waals surface area contributed by atoms with E-state index in [1.165, 1.54) is 15.4 Å². The molecular weight excluding hydrogens is 430 g/mol. The van der Waals surface area contributed by atoms with Gasteiger partial charge >= 0.3 is 0 Å². The lowest BCUT2D eigenvalue weighted by molar-refractivity contribution is 0.252. The molecule has 3 nitrogen and oxygen atoms in total. The van der Waals surface area contributed by atoms with Gasteiger partial charge in [-0.3, -0.25) is 9.98 Å². The molecule has 3 unspecified atom stereocenters. The van der Waals surface area contributed by atoms with E-state index in [9.17, 15) is 0 Å². The van der Waals surface area contributed by atoms with Crippen LogP contribution in [0, 0.1) is 0 Å². The Morgan fingerprint density at radius 3 is 2.63 bits per heavy atom. The van der Waals surface area contributed by atoms with Gasteiger partial charge in [0, 0.05) is 32.8 Å². The van der Waals surface area contributed by atoms with E-state index < -0.39 is 0 Å². The number of thioether (sulfide) groups is 1. The van der Waals surface area contributed by atoms with Gasteiger partial charge in [0.05, 0.1) is 11.7 Å². The third-order valence-electron chi connectivity index (χ3n) is 5.61. The lowest BCUT2D eigenvalue weighted by atomic mass is 9.95. The van der Waals surface area contributed by atoms with Crippen LogP contribution in [-0.4, -0.2) is 26.8 Å². The van der Waals surface area contributed by atoms with E-state index >= 15 is 0 Å². The summed E-state index contributed by atoms with van der Waals surface area (Å²) in [5.74, 6) is 1.10. The topological polar surface area (TPSA) is 28.5 Å². The average Bonchev–Trinajstić information content (AvgIpc) is 3.35. The number of nitrogens with zero attached hydrogens (tertiary/aromatic N) is 3. The maximum atomic E-state index is 6.09. The van der Waals surface area contributed by atoms with Crippen molar-refractivity contribution in [3.05, 3.63) is 89.2 Å². The van der Waals surface area contributed by atoms with Crippen molar-refractivity contribution >= 4 is 40.3 Å². The Bertz CT molecular complexity index is 1060. The Morgan fingerprint density at radius 1 is 1.07 bits per heavy atom. The van der Waals surface area contributed by atoms with E-state index in [4.69, 9.17) is 16.6 Å². The van der Waals surface area contributed by atoms with Gasteiger partial charge in [-0.2, -0.15) is 0 Å². The molecule has 0 aliphatic carbocycles. The fourth-order valence-corrected chi connectivity index (χ4v) is 6.58. The summed E-state index contributed by atoms with van der Waals surface area (Å²) >= 11 is 9.76. The molecule has 0 spiro atoms. The van der Waals surface area contributed by atoms with E-state index in [2.05, 4.69) is 65.3 Å². The van der Waals surface area contributed by atoms with Crippen molar-refractivity contribution in [2.75, 3.05) is 5.75 Å². The minimum atomic E-state index is 0.00928. The summed E-state index contributed by atoms with van der Waals surface area (Å²) in [4.78, 5) is 14.8. The zero-order valence-electron chi connectivity index (χ0n) is 16.6. The van der Waals surface area contributed by atoms with Crippen LogP contribution >= 0.6 is 35.1 Å². The number of aromatic nitrogens is 1. The monoisotopic (exact) mass is 451 g/mol. The number of rotatable bonds is 5. The highest BCUT2D eigenvalue weighted by atomic mass is 35.5. The summed E-state index contributed by atoms with van der Waals surface area (Å²) in [7, 11) is 0. The molecule has 0 N–H and O–H groups in total. The molecule has 2 aromatic carbocycles. The van der Waals surface area contributed by atoms with Crippen molar-refractivity contribution in [2.45, 2.75) is 41.3 Å². The van der Waals surface area contributed by atoms with Crippen molar-refractivity contribution in [1.82, 2.24) is 9.88 Å². The normalized spacial score (nSPS) is 22.8. The number of amidine groups is 1. The molecular formula is C24H22ClN3S2. The van der Waals surface area contributed by atoms with E-state index in [-0.39, 0.29) is 12.1 Å². The first kappa shape index (κ1) is 20.0. The summed E-state index contributed by atoms with van der Waals surface area (Å²) in [5.41, 5.74) is 2.35. The van der Waals surface area contributed by atoms with Crippen LogP contribution in [0.4, 0.5) is 0 Å².